The molecule has 0 aliphatic heterocycles. The molecule has 1 atom stereocenters. The number of amides is 1. The molecule has 0 aliphatic rings. The summed E-state index contributed by atoms with van der Waals surface area (Å²) in [5.74, 6) is -0.984. The zero-order valence-corrected chi connectivity index (χ0v) is 11.4. The Labute approximate surface area is 108 Å². The Hall–Kier alpha value is -0.940. The first-order valence-corrected chi connectivity index (χ1v) is 6.19. The molecule has 0 aliphatic carbocycles. The first-order chi connectivity index (χ1) is 8.06. The molecule has 17 heavy (non-hydrogen) atoms. The molecular formula is C12H15BrFNO2. The van der Waals surface area contributed by atoms with E-state index in [2.05, 4.69) is 21.2 Å². The maximum Gasteiger partial charge on any atom is 0.255 e. The van der Waals surface area contributed by atoms with E-state index in [9.17, 15) is 9.18 Å². The first-order valence-electron chi connectivity index (χ1n) is 5.40. The third-order valence-corrected chi connectivity index (χ3v) is 2.85. The topological polar surface area (TPSA) is 38.3 Å². The highest BCUT2D eigenvalue weighted by molar-refractivity contribution is 9.10. The lowest BCUT2D eigenvalue weighted by Gasteiger charge is -2.13. The fraction of sp³-hybridized carbons (Fsp3) is 0.417. The van der Waals surface area contributed by atoms with Crippen molar-refractivity contribution in [2.75, 3.05) is 13.2 Å². The standard InChI is InChI=1S/C12H15BrFNO2/c1-3-17-8(2)7-15-12(16)11-9(13)5-4-6-10(11)14/h4-6,8H,3,7H2,1-2H3,(H,15,16). The minimum Gasteiger partial charge on any atom is -0.377 e. The van der Waals surface area contributed by atoms with Crippen LogP contribution in [0, 0.1) is 5.82 Å². The molecule has 1 N–H and O–H groups in total. The second kappa shape index (κ2) is 6.71. The van der Waals surface area contributed by atoms with E-state index < -0.39 is 11.7 Å². The van der Waals surface area contributed by atoms with E-state index in [1.165, 1.54) is 6.07 Å². The lowest BCUT2D eigenvalue weighted by Crippen LogP contribution is -2.32. The lowest BCUT2D eigenvalue weighted by molar-refractivity contribution is 0.0693. The van der Waals surface area contributed by atoms with Gasteiger partial charge in [0.05, 0.1) is 11.7 Å². The van der Waals surface area contributed by atoms with Gasteiger partial charge in [-0.3, -0.25) is 4.79 Å². The van der Waals surface area contributed by atoms with Gasteiger partial charge in [-0.25, -0.2) is 4.39 Å². The molecule has 0 fully saturated rings. The molecule has 1 aromatic carbocycles. The number of nitrogens with one attached hydrogen (secondary N) is 1. The van der Waals surface area contributed by atoms with E-state index in [-0.39, 0.29) is 11.7 Å². The number of carbonyl (C=O) groups is 1. The monoisotopic (exact) mass is 303 g/mol. The normalized spacial score (nSPS) is 12.2. The predicted octanol–water partition coefficient (Wildman–Crippen LogP) is 2.74. The van der Waals surface area contributed by atoms with Crippen LogP contribution in [0.1, 0.15) is 24.2 Å². The second-order valence-electron chi connectivity index (χ2n) is 3.57. The van der Waals surface area contributed by atoms with Gasteiger partial charge in [0.15, 0.2) is 0 Å². The van der Waals surface area contributed by atoms with Crippen LogP contribution in [0.4, 0.5) is 4.39 Å². The summed E-state index contributed by atoms with van der Waals surface area (Å²) in [6.45, 7) is 4.67. The summed E-state index contributed by atoms with van der Waals surface area (Å²) in [5.41, 5.74) is 0.0243. The zero-order chi connectivity index (χ0) is 12.8. The fourth-order valence-corrected chi connectivity index (χ4v) is 1.91. The van der Waals surface area contributed by atoms with Gasteiger partial charge in [0.25, 0.3) is 5.91 Å². The summed E-state index contributed by atoms with van der Waals surface area (Å²) in [4.78, 5) is 11.8. The van der Waals surface area contributed by atoms with E-state index in [0.29, 0.717) is 17.6 Å². The summed E-state index contributed by atoms with van der Waals surface area (Å²) in [5, 5.41) is 2.63. The molecule has 94 valence electrons. The van der Waals surface area contributed by atoms with E-state index in [4.69, 9.17) is 4.74 Å². The van der Waals surface area contributed by atoms with Crippen LogP contribution in [0.5, 0.6) is 0 Å². The van der Waals surface area contributed by atoms with Crippen molar-refractivity contribution in [3.8, 4) is 0 Å². The maximum atomic E-state index is 13.5. The van der Waals surface area contributed by atoms with Gasteiger partial charge < -0.3 is 10.1 Å². The molecule has 0 aromatic heterocycles. The quantitative estimate of drug-likeness (QED) is 0.908. The Kier molecular flexibility index (Phi) is 5.58. The molecule has 1 amide bonds. The van der Waals surface area contributed by atoms with Crippen LogP contribution in [0.3, 0.4) is 0 Å². The summed E-state index contributed by atoms with van der Waals surface area (Å²) in [6, 6.07) is 4.43. The molecule has 3 nitrogen and oxygen atoms in total. The summed E-state index contributed by atoms with van der Waals surface area (Å²) < 4.78 is 19.2. The Morgan fingerprint density at radius 1 is 1.59 bits per heavy atom. The van der Waals surface area contributed by atoms with Crippen LogP contribution in [0.25, 0.3) is 0 Å². The van der Waals surface area contributed by atoms with Crippen LogP contribution in [-0.4, -0.2) is 25.2 Å². The van der Waals surface area contributed by atoms with Gasteiger partial charge in [-0.15, -0.1) is 0 Å². The van der Waals surface area contributed by atoms with E-state index in [1.54, 1.807) is 12.1 Å². The number of rotatable bonds is 5. The largest absolute Gasteiger partial charge is 0.377 e. The van der Waals surface area contributed by atoms with Crippen molar-refractivity contribution >= 4 is 21.8 Å². The van der Waals surface area contributed by atoms with Gasteiger partial charge in [0.2, 0.25) is 0 Å². The number of halogens is 2. The highest BCUT2D eigenvalue weighted by atomic mass is 79.9. The summed E-state index contributed by atoms with van der Waals surface area (Å²) in [7, 11) is 0. The summed E-state index contributed by atoms with van der Waals surface area (Å²) in [6.07, 6.45) is -0.0884. The number of ether oxygens (including phenoxy) is 1. The average Bonchev–Trinajstić information content (AvgIpc) is 2.26. The molecule has 0 bridgehead atoms. The Balaban J connectivity index is 2.64. The van der Waals surface area contributed by atoms with Gasteiger partial charge in [-0.2, -0.15) is 0 Å². The molecule has 1 unspecified atom stereocenters. The van der Waals surface area contributed by atoms with Crippen LogP contribution in [0.15, 0.2) is 22.7 Å². The lowest BCUT2D eigenvalue weighted by atomic mass is 10.2. The minimum absolute atomic E-state index is 0.0243. The van der Waals surface area contributed by atoms with Crippen molar-refractivity contribution in [3.05, 3.63) is 34.1 Å². The molecule has 0 radical (unpaired) electrons. The van der Waals surface area contributed by atoms with E-state index >= 15 is 0 Å². The van der Waals surface area contributed by atoms with Crippen LogP contribution in [0.2, 0.25) is 0 Å². The number of hydrogen-bond donors (Lipinski definition) is 1. The molecular weight excluding hydrogens is 289 g/mol. The second-order valence-corrected chi connectivity index (χ2v) is 4.43. The van der Waals surface area contributed by atoms with Gasteiger partial charge in [-0.1, -0.05) is 6.07 Å². The fourth-order valence-electron chi connectivity index (χ4n) is 1.38. The minimum atomic E-state index is -0.541. The van der Waals surface area contributed by atoms with Crippen molar-refractivity contribution in [2.45, 2.75) is 20.0 Å². The summed E-state index contributed by atoms with van der Waals surface area (Å²) >= 11 is 3.15. The zero-order valence-electron chi connectivity index (χ0n) is 9.80. The predicted molar refractivity (Wildman–Crippen MR) is 67.5 cm³/mol. The van der Waals surface area contributed by atoms with Gasteiger partial charge in [-0.05, 0) is 41.9 Å². The molecule has 1 aromatic rings. The SMILES string of the molecule is CCOC(C)CNC(=O)c1c(F)cccc1Br. The van der Waals surface area contributed by atoms with Crippen molar-refractivity contribution in [1.82, 2.24) is 5.32 Å². The molecule has 0 saturated heterocycles. The van der Waals surface area contributed by atoms with Crippen LogP contribution in [-0.2, 0) is 4.74 Å². The smallest absolute Gasteiger partial charge is 0.255 e. The molecule has 0 heterocycles. The third-order valence-electron chi connectivity index (χ3n) is 2.19. The van der Waals surface area contributed by atoms with Crippen molar-refractivity contribution in [1.29, 1.82) is 0 Å². The highest BCUT2D eigenvalue weighted by Gasteiger charge is 2.15. The van der Waals surface area contributed by atoms with Crippen molar-refractivity contribution < 1.29 is 13.9 Å². The Morgan fingerprint density at radius 3 is 2.88 bits per heavy atom. The van der Waals surface area contributed by atoms with Crippen LogP contribution >= 0.6 is 15.9 Å². The third kappa shape index (κ3) is 4.09. The van der Waals surface area contributed by atoms with Gasteiger partial charge in [0.1, 0.15) is 5.82 Å². The van der Waals surface area contributed by atoms with Gasteiger partial charge >= 0.3 is 0 Å². The number of carbonyl (C=O) groups excluding carboxylic acids is 1. The first kappa shape index (κ1) is 14.1. The van der Waals surface area contributed by atoms with Crippen molar-refractivity contribution in [3.63, 3.8) is 0 Å². The van der Waals surface area contributed by atoms with E-state index in [0.717, 1.165) is 0 Å². The Bertz CT molecular complexity index is 378. The number of benzene rings is 1. The molecule has 1 rings (SSSR count). The number of hydrogen-bond acceptors (Lipinski definition) is 2. The van der Waals surface area contributed by atoms with Crippen molar-refractivity contribution in [2.24, 2.45) is 0 Å². The molecule has 0 saturated carbocycles. The maximum absolute atomic E-state index is 13.5. The molecule has 0 spiro atoms. The van der Waals surface area contributed by atoms with Crippen LogP contribution < -0.4 is 5.32 Å². The van der Waals surface area contributed by atoms with Gasteiger partial charge in [0, 0.05) is 17.6 Å². The Morgan fingerprint density at radius 2 is 2.29 bits per heavy atom. The molecule has 5 heteroatoms. The van der Waals surface area contributed by atoms with E-state index in [1.807, 2.05) is 13.8 Å². The average molecular weight is 304 g/mol. The highest BCUT2D eigenvalue weighted by Crippen LogP contribution is 2.19.